The Morgan fingerprint density at radius 1 is 1.40 bits per heavy atom. The lowest BCUT2D eigenvalue weighted by Crippen LogP contribution is -2.51. The van der Waals surface area contributed by atoms with Crippen molar-refractivity contribution >= 4 is 27.4 Å². The quantitative estimate of drug-likeness (QED) is 0.731. The molecule has 1 saturated carbocycles. The summed E-state index contributed by atoms with van der Waals surface area (Å²) in [5.41, 5.74) is 2.12. The second-order valence-electron chi connectivity index (χ2n) is 6.87. The number of hydrogen-bond donors (Lipinski definition) is 0. The molecule has 0 radical (unpaired) electrons. The van der Waals surface area contributed by atoms with Gasteiger partial charge in [-0.15, -0.1) is 0 Å². The SMILES string of the molecule is CN1c2ccc(Br)cc2[C@@H]2[C@H]1[C@H]1O[C@]2(C)C2(CC2)C1=O. The molecule has 104 valence electrons. The van der Waals surface area contributed by atoms with Crippen LogP contribution >= 0.6 is 15.9 Å². The summed E-state index contributed by atoms with van der Waals surface area (Å²) in [6.07, 6.45) is 1.79. The number of ether oxygens (including phenoxy) is 1. The normalized spacial score (nSPS) is 42.2. The van der Waals surface area contributed by atoms with Crippen LogP contribution in [0.25, 0.3) is 0 Å². The van der Waals surface area contributed by atoms with Gasteiger partial charge in [-0.2, -0.15) is 0 Å². The molecule has 0 aromatic heterocycles. The predicted octanol–water partition coefficient (Wildman–Crippen LogP) is 2.87. The first-order valence-electron chi connectivity index (χ1n) is 7.24. The van der Waals surface area contributed by atoms with Gasteiger partial charge in [0.1, 0.15) is 6.10 Å². The molecule has 20 heavy (non-hydrogen) atoms. The van der Waals surface area contributed by atoms with Gasteiger partial charge < -0.3 is 9.64 Å². The Morgan fingerprint density at radius 3 is 2.85 bits per heavy atom. The van der Waals surface area contributed by atoms with Crippen molar-refractivity contribution in [3.8, 4) is 0 Å². The lowest BCUT2D eigenvalue weighted by Gasteiger charge is -2.37. The summed E-state index contributed by atoms with van der Waals surface area (Å²) >= 11 is 3.58. The fraction of sp³-hybridized carbons (Fsp3) is 0.562. The zero-order valence-corrected chi connectivity index (χ0v) is 13.1. The molecule has 1 aromatic rings. The van der Waals surface area contributed by atoms with Crippen LogP contribution < -0.4 is 4.90 Å². The van der Waals surface area contributed by atoms with E-state index >= 15 is 0 Å². The predicted molar refractivity (Wildman–Crippen MR) is 79.0 cm³/mol. The number of halogens is 1. The van der Waals surface area contributed by atoms with Gasteiger partial charge in [0.05, 0.1) is 17.1 Å². The molecule has 0 N–H and O–H groups in total. The van der Waals surface area contributed by atoms with Crippen LogP contribution in [0.5, 0.6) is 0 Å². The largest absolute Gasteiger partial charge is 0.368 e. The highest BCUT2D eigenvalue weighted by molar-refractivity contribution is 9.10. The van der Waals surface area contributed by atoms with Gasteiger partial charge >= 0.3 is 0 Å². The number of rotatable bonds is 0. The fourth-order valence-corrected chi connectivity index (χ4v) is 5.45. The van der Waals surface area contributed by atoms with E-state index in [9.17, 15) is 4.79 Å². The van der Waals surface area contributed by atoms with E-state index in [1.54, 1.807) is 0 Å². The maximum absolute atomic E-state index is 12.7. The number of anilines is 1. The molecule has 3 nitrogen and oxygen atoms in total. The monoisotopic (exact) mass is 333 g/mol. The summed E-state index contributed by atoms with van der Waals surface area (Å²) in [4.78, 5) is 15.0. The number of ketones is 1. The average Bonchev–Trinajstić information content (AvgIpc) is 3.04. The smallest absolute Gasteiger partial charge is 0.172 e. The van der Waals surface area contributed by atoms with Gasteiger partial charge in [-0.3, -0.25) is 4.79 Å². The minimum atomic E-state index is -0.306. The molecule has 4 aliphatic rings. The van der Waals surface area contributed by atoms with Gasteiger partial charge in [0.2, 0.25) is 0 Å². The number of Topliss-reactive ketones (excluding diaryl/α,β-unsaturated/α-hetero) is 1. The minimum Gasteiger partial charge on any atom is -0.368 e. The van der Waals surface area contributed by atoms with Crippen molar-refractivity contribution in [2.75, 3.05) is 11.9 Å². The molecule has 3 fully saturated rings. The summed E-state index contributed by atoms with van der Waals surface area (Å²) in [5.74, 6) is 0.685. The van der Waals surface area contributed by atoms with Crippen molar-refractivity contribution < 1.29 is 9.53 Å². The summed E-state index contributed by atoms with van der Waals surface area (Å²) in [5, 5.41) is 0. The summed E-state index contributed by atoms with van der Waals surface area (Å²) in [6.45, 7) is 2.17. The van der Waals surface area contributed by atoms with E-state index in [0.29, 0.717) is 11.7 Å². The van der Waals surface area contributed by atoms with Gasteiger partial charge in [0, 0.05) is 23.1 Å². The Labute approximate surface area is 126 Å². The van der Waals surface area contributed by atoms with E-state index < -0.39 is 0 Å². The molecule has 4 heteroatoms. The van der Waals surface area contributed by atoms with E-state index in [2.05, 4.69) is 53.0 Å². The lowest BCUT2D eigenvalue weighted by molar-refractivity contribution is -0.126. The van der Waals surface area contributed by atoms with Crippen molar-refractivity contribution in [1.82, 2.24) is 0 Å². The first-order chi connectivity index (χ1) is 9.49. The molecule has 0 unspecified atom stereocenters. The van der Waals surface area contributed by atoms with Crippen molar-refractivity contribution in [2.45, 2.75) is 43.4 Å². The van der Waals surface area contributed by atoms with Crippen LogP contribution in [0, 0.1) is 5.41 Å². The third-order valence-corrected chi connectivity index (χ3v) is 6.69. The molecule has 2 saturated heterocycles. The van der Waals surface area contributed by atoms with E-state index in [1.165, 1.54) is 11.3 Å². The third kappa shape index (κ3) is 0.989. The molecule has 3 aliphatic heterocycles. The van der Waals surface area contributed by atoms with E-state index in [0.717, 1.165) is 17.3 Å². The zero-order valence-electron chi connectivity index (χ0n) is 11.5. The number of nitrogens with zero attached hydrogens (tertiary/aromatic N) is 1. The van der Waals surface area contributed by atoms with Crippen LogP contribution in [0.4, 0.5) is 5.69 Å². The number of fused-ring (bicyclic) bond motifs is 8. The lowest BCUT2D eigenvalue weighted by atomic mass is 9.65. The Kier molecular flexibility index (Phi) is 1.85. The average molecular weight is 334 g/mol. The highest BCUT2D eigenvalue weighted by atomic mass is 79.9. The number of hydrogen-bond acceptors (Lipinski definition) is 3. The van der Waals surface area contributed by atoms with Gasteiger partial charge in [-0.25, -0.2) is 0 Å². The van der Waals surface area contributed by atoms with Gasteiger partial charge in [0.15, 0.2) is 5.78 Å². The summed E-state index contributed by atoms with van der Waals surface area (Å²) in [6, 6.07) is 6.63. The molecule has 1 aliphatic carbocycles. The zero-order chi connectivity index (χ0) is 13.9. The number of carbonyl (C=O) groups is 1. The van der Waals surface area contributed by atoms with Gasteiger partial charge in [0.25, 0.3) is 0 Å². The summed E-state index contributed by atoms with van der Waals surface area (Å²) in [7, 11) is 2.09. The van der Waals surface area contributed by atoms with Crippen LogP contribution in [0.1, 0.15) is 31.2 Å². The van der Waals surface area contributed by atoms with Crippen molar-refractivity contribution in [1.29, 1.82) is 0 Å². The Balaban J connectivity index is 1.75. The van der Waals surface area contributed by atoms with E-state index in [-0.39, 0.29) is 23.2 Å². The molecule has 3 heterocycles. The molecule has 5 rings (SSSR count). The van der Waals surface area contributed by atoms with Crippen LogP contribution in [-0.2, 0) is 9.53 Å². The molecular weight excluding hydrogens is 318 g/mol. The molecule has 1 aromatic carbocycles. The Hall–Kier alpha value is -0.870. The van der Waals surface area contributed by atoms with Crippen LogP contribution in [-0.4, -0.2) is 30.6 Å². The highest BCUT2D eigenvalue weighted by Crippen LogP contribution is 2.72. The third-order valence-electron chi connectivity index (χ3n) is 6.20. The maximum atomic E-state index is 12.7. The Bertz CT molecular complexity index is 668. The van der Waals surface area contributed by atoms with Gasteiger partial charge in [-0.05, 0) is 43.5 Å². The van der Waals surface area contributed by atoms with Crippen LogP contribution in [0.3, 0.4) is 0 Å². The number of benzene rings is 1. The maximum Gasteiger partial charge on any atom is 0.172 e. The van der Waals surface area contributed by atoms with E-state index in [4.69, 9.17) is 4.74 Å². The first-order valence-corrected chi connectivity index (χ1v) is 8.03. The topological polar surface area (TPSA) is 29.5 Å². The highest BCUT2D eigenvalue weighted by Gasteiger charge is 2.80. The first kappa shape index (κ1) is 11.8. The molecule has 0 amide bonds. The van der Waals surface area contributed by atoms with E-state index in [1.807, 2.05) is 0 Å². The second-order valence-corrected chi connectivity index (χ2v) is 7.79. The van der Waals surface area contributed by atoms with Crippen LogP contribution in [0.2, 0.25) is 0 Å². The molecule has 4 atom stereocenters. The fourth-order valence-electron chi connectivity index (χ4n) is 5.07. The van der Waals surface area contributed by atoms with Crippen molar-refractivity contribution in [3.63, 3.8) is 0 Å². The summed E-state index contributed by atoms with van der Waals surface area (Å²) < 4.78 is 7.38. The van der Waals surface area contributed by atoms with Crippen molar-refractivity contribution in [3.05, 3.63) is 28.2 Å². The molecule has 2 bridgehead atoms. The number of likely N-dealkylation sites (N-methyl/N-ethyl adjacent to an activating group) is 1. The van der Waals surface area contributed by atoms with Crippen molar-refractivity contribution in [2.24, 2.45) is 5.41 Å². The standard InChI is InChI=1S/C16H16BrNO2/c1-15-11-9-7-8(17)3-4-10(9)18(2)12(11)13(20-15)14(19)16(15)5-6-16/h3-4,7,11-13H,5-6H2,1-2H3/t11-,12+,13-,15+/m1/s1. The molecule has 1 spiro atoms. The number of carbonyl (C=O) groups excluding carboxylic acids is 1. The van der Waals surface area contributed by atoms with Gasteiger partial charge in [-0.1, -0.05) is 15.9 Å². The second kappa shape index (κ2) is 3.14. The molecular formula is C16H16BrNO2. The minimum absolute atomic E-state index is 0.177. The Morgan fingerprint density at radius 2 is 2.15 bits per heavy atom. The van der Waals surface area contributed by atoms with Crippen LogP contribution in [0.15, 0.2) is 22.7 Å².